The molecule has 1 aliphatic carbocycles. The molecule has 2 fully saturated rings. The number of fused-ring (bicyclic) bond motifs is 1. The third kappa shape index (κ3) is 8.90. The second-order valence-electron chi connectivity index (χ2n) is 13.7. The number of aryl methyl sites for hydroxylation is 1. The highest BCUT2D eigenvalue weighted by atomic mass is 16.8. The highest BCUT2D eigenvalue weighted by Crippen LogP contribution is 2.40. The van der Waals surface area contributed by atoms with E-state index in [-0.39, 0.29) is 55.5 Å². The first kappa shape index (κ1) is 36.8. The summed E-state index contributed by atoms with van der Waals surface area (Å²) in [7, 11) is 0. The standard InChI is InChI=1S/C35H52N4O9/c1-8-30(40)36-16-18-38-28-20-27(23(4)19-29(28)48-35(6,7)32(38)42)31(41)39(22(2)3)25-13-12-17-37(21-25)33(43)45-24(5)46-34(44)47-26-14-10-9-11-15-26/h19-20,22,24-26H,8-18,21H2,1-7H3,(H,36,40)/t24?,25-/m1/s1. The maximum Gasteiger partial charge on any atom is 0.511 e. The van der Waals surface area contributed by atoms with Gasteiger partial charge in [0.15, 0.2) is 5.60 Å². The van der Waals surface area contributed by atoms with E-state index in [1.54, 1.807) is 42.7 Å². The van der Waals surface area contributed by atoms with Gasteiger partial charge in [-0.2, -0.15) is 0 Å². The van der Waals surface area contributed by atoms with Crippen LogP contribution in [0.3, 0.4) is 0 Å². The quantitative estimate of drug-likeness (QED) is 0.258. The number of anilines is 1. The molecule has 1 saturated carbocycles. The molecule has 2 heterocycles. The molecule has 0 spiro atoms. The molecule has 0 radical (unpaired) electrons. The molecule has 2 atom stereocenters. The molecule has 4 rings (SSSR count). The Labute approximate surface area is 283 Å². The van der Waals surface area contributed by atoms with Crippen LogP contribution < -0.4 is 15.0 Å². The molecule has 0 bridgehead atoms. The lowest BCUT2D eigenvalue weighted by atomic mass is 9.97. The first-order valence-electron chi connectivity index (χ1n) is 17.3. The van der Waals surface area contributed by atoms with Crippen LogP contribution in [0.15, 0.2) is 12.1 Å². The predicted molar refractivity (Wildman–Crippen MR) is 178 cm³/mol. The topological polar surface area (TPSA) is 144 Å². The SMILES string of the molecule is CCC(=O)NCCN1C(=O)C(C)(C)Oc2cc(C)c(C(=O)N(C(C)C)[C@@H]3CCCN(C(=O)OC(C)OC(=O)OC4CCCCC4)C3)cc21. The Hall–Kier alpha value is -4.03. The van der Waals surface area contributed by atoms with Crippen LogP contribution in [-0.4, -0.2) is 96.0 Å². The van der Waals surface area contributed by atoms with E-state index in [4.69, 9.17) is 18.9 Å². The van der Waals surface area contributed by atoms with Crippen molar-refractivity contribution in [2.75, 3.05) is 31.1 Å². The third-order valence-electron chi connectivity index (χ3n) is 9.11. The molecule has 1 unspecified atom stereocenters. The number of amides is 4. The average Bonchev–Trinajstić information content (AvgIpc) is 3.02. The Kier molecular flexibility index (Phi) is 12.2. The molecule has 266 valence electrons. The summed E-state index contributed by atoms with van der Waals surface area (Å²) in [4.78, 5) is 69.9. The summed E-state index contributed by atoms with van der Waals surface area (Å²) in [6.07, 6.45) is 3.60. The molecule has 1 N–H and O–H groups in total. The van der Waals surface area contributed by atoms with E-state index < -0.39 is 24.1 Å². The Morgan fingerprint density at radius 2 is 1.75 bits per heavy atom. The zero-order chi connectivity index (χ0) is 35.2. The number of rotatable bonds is 10. The molecule has 0 aromatic heterocycles. The van der Waals surface area contributed by atoms with Gasteiger partial charge in [0.25, 0.3) is 11.8 Å². The van der Waals surface area contributed by atoms with Crippen molar-refractivity contribution < 1.29 is 42.9 Å². The fourth-order valence-corrected chi connectivity index (χ4v) is 6.63. The lowest BCUT2D eigenvalue weighted by Gasteiger charge is -2.42. The lowest BCUT2D eigenvalue weighted by molar-refractivity contribution is -0.132. The number of piperidine rings is 1. The largest absolute Gasteiger partial charge is 0.511 e. The molecule has 1 aromatic rings. The van der Waals surface area contributed by atoms with E-state index in [0.29, 0.717) is 48.4 Å². The minimum atomic E-state index is -1.14. The summed E-state index contributed by atoms with van der Waals surface area (Å²) in [6, 6.07) is 2.96. The van der Waals surface area contributed by atoms with Gasteiger partial charge in [-0.1, -0.05) is 13.3 Å². The van der Waals surface area contributed by atoms with Gasteiger partial charge in [0.05, 0.1) is 11.7 Å². The highest BCUT2D eigenvalue weighted by molar-refractivity contribution is 6.05. The number of hydrogen-bond acceptors (Lipinski definition) is 9. The minimum Gasteiger partial charge on any atom is -0.476 e. The molecule has 3 aliphatic rings. The maximum absolute atomic E-state index is 14.3. The average molecular weight is 673 g/mol. The Morgan fingerprint density at radius 1 is 1.04 bits per heavy atom. The van der Waals surface area contributed by atoms with Gasteiger partial charge in [0.2, 0.25) is 12.2 Å². The van der Waals surface area contributed by atoms with Crippen molar-refractivity contribution in [1.29, 1.82) is 0 Å². The third-order valence-corrected chi connectivity index (χ3v) is 9.11. The van der Waals surface area contributed by atoms with Crippen LogP contribution >= 0.6 is 0 Å². The van der Waals surface area contributed by atoms with Crippen molar-refractivity contribution in [2.24, 2.45) is 0 Å². The number of carbonyl (C=O) groups excluding carboxylic acids is 5. The van der Waals surface area contributed by atoms with E-state index in [9.17, 15) is 24.0 Å². The number of ether oxygens (including phenoxy) is 4. The van der Waals surface area contributed by atoms with Gasteiger partial charge in [-0.15, -0.1) is 0 Å². The fourth-order valence-electron chi connectivity index (χ4n) is 6.63. The molecule has 1 saturated heterocycles. The smallest absolute Gasteiger partial charge is 0.476 e. The number of hydrogen-bond donors (Lipinski definition) is 1. The predicted octanol–water partition coefficient (Wildman–Crippen LogP) is 5.31. The van der Waals surface area contributed by atoms with E-state index in [0.717, 1.165) is 32.1 Å². The van der Waals surface area contributed by atoms with Crippen LogP contribution in [0.1, 0.15) is 109 Å². The number of nitrogens with zero attached hydrogens (tertiary/aromatic N) is 3. The van der Waals surface area contributed by atoms with Crippen LogP contribution in [0.2, 0.25) is 0 Å². The molecule has 13 heteroatoms. The van der Waals surface area contributed by atoms with Gasteiger partial charge in [0, 0.05) is 51.1 Å². The van der Waals surface area contributed by atoms with Crippen molar-refractivity contribution in [2.45, 2.75) is 130 Å². The Bertz CT molecular complexity index is 1360. The zero-order valence-corrected chi connectivity index (χ0v) is 29.5. The summed E-state index contributed by atoms with van der Waals surface area (Å²) >= 11 is 0. The van der Waals surface area contributed by atoms with Gasteiger partial charge in [-0.25, -0.2) is 9.59 Å². The van der Waals surface area contributed by atoms with Gasteiger partial charge >= 0.3 is 12.2 Å². The van der Waals surface area contributed by atoms with E-state index in [1.165, 1.54) is 11.8 Å². The second kappa shape index (κ2) is 15.9. The van der Waals surface area contributed by atoms with Crippen molar-refractivity contribution in [3.8, 4) is 5.75 Å². The van der Waals surface area contributed by atoms with Gasteiger partial charge < -0.3 is 39.0 Å². The summed E-state index contributed by atoms with van der Waals surface area (Å²) in [5.74, 6) is -0.140. The number of carbonyl (C=O) groups is 5. The van der Waals surface area contributed by atoms with Crippen LogP contribution in [0.4, 0.5) is 15.3 Å². The normalized spacial score (nSPS) is 19.9. The van der Waals surface area contributed by atoms with Crippen LogP contribution in [0.25, 0.3) is 0 Å². The van der Waals surface area contributed by atoms with Crippen molar-refractivity contribution in [3.05, 3.63) is 23.3 Å². The van der Waals surface area contributed by atoms with Crippen molar-refractivity contribution in [1.82, 2.24) is 15.1 Å². The molecule has 4 amide bonds. The van der Waals surface area contributed by atoms with Crippen molar-refractivity contribution >= 4 is 35.7 Å². The van der Waals surface area contributed by atoms with Crippen LogP contribution in [-0.2, 0) is 23.8 Å². The Balaban J connectivity index is 1.46. The number of likely N-dealkylation sites (tertiary alicyclic amines) is 1. The number of benzene rings is 1. The molecule has 13 nitrogen and oxygen atoms in total. The van der Waals surface area contributed by atoms with Crippen LogP contribution in [0, 0.1) is 6.92 Å². The molecule has 2 aliphatic heterocycles. The second-order valence-corrected chi connectivity index (χ2v) is 13.7. The van der Waals surface area contributed by atoms with E-state index in [1.807, 2.05) is 20.8 Å². The Morgan fingerprint density at radius 3 is 2.42 bits per heavy atom. The zero-order valence-electron chi connectivity index (χ0n) is 29.5. The summed E-state index contributed by atoms with van der Waals surface area (Å²) < 4.78 is 22.1. The molecular weight excluding hydrogens is 620 g/mol. The summed E-state index contributed by atoms with van der Waals surface area (Å²) in [5.41, 5.74) is 0.445. The van der Waals surface area contributed by atoms with E-state index in [2.05, 4.69) is 5.32 Å². The fraction of sp³-hybridized carbons (Fsp3) is 0.686. The maximum atomic E-state index is 14.3. The molecule has 1 aromatic carbocycles. The first-order valence-corrected chi connectivity index (χ1v) is 17.3. The molecular formula is C35H52N4O9. The monoisotopic (exact) mass is 672 g/mol. The lowest BCUT2D eigenvalue weighted by Crippen LogP contribution is -2.55. The van der Waals surface area contributed by atoms with Gasteiger partial charge in [-0.05, 0) is 90.8 Å². The molecule has 48 heavy (non-hydrogen) atoms. The van der Waals surface area contributed by atoms with Gasteiger partial charge in [0.1, 0.15) is 11.9 Å². The van der Waals surface area contributed by atoms with Gasteiger partial charge in [-0.3, -0.25) is 14.4 Å². The highest BCUT2D eigenvalue weighted by Gasteiger charge is 2.42. The summed E-state index contributed by atoms with van der Waals surface area (Å²) in [5, 5.41) is 2.81. The van der Waals surface area contributed by atoms with E-state index >= 15 is 0 Å². The first-order chi connectivity index (χ1) is 22.7. The summed E-state index contributed by atoms with van der Waals surface area (Å²) in [6.45, 7) is 13.4. The minimum absolute atomic E-state index is 0.118. The number of nitrogens with one attached hydrogen (secondary N) is 1. The van der Waals surface area contributed by atoms with Crippen molar-refractivity contribution in [3.63, 3.8) is 0 Å². The van der Waals surface area contributed by atoms with Crippen LogP contribution in [0.5, 0.6) is 5.75 Å².